The summed E-state index contributed by atoms with van der Waals surface area (Å²) in [6.45, 7) is 6.14. The van der Waals surface area contributed by atoms with E-state index in [1.807, 2.05) is 19.6 Å². The summed E-state index contributed by atoms with van der Waals surface area (Å²) in [6.07, 6.45) is 0.312. The molecule has 44 valence electrons. The Labute approximate surface area is 44.4 Å². The monoisotopic (exact) mass is 122 g/mol. The summed E-state index contributed by atoms with van der Waals surface area (Å²) >= 11 is 0. The molecule has 0 N–H and O–H groups in total. The highest BCUT2D eigenvalue weighted by atomic mass is 28.3. The summed E-state index contributed by atoms with van der Waals surface area (Å²) in [4.78, 5) is 3.47. The van der Waals surface area contributed by atoms with E-state index >= 15 is 0 Å². The highest BCUT2D eigenvalue weighted by Gasteiger charge is 2.12. The first-order valence-corrected chi connectivity index (χ1v) is 6.00. The Hall–Kier alpha value is 0.107. The van der Waals surface area contributed by atoms with Gasteiger partial charge in [0.1, 0.15) is 0 Å². The quantitative estimate of drug-likeness (QED) is 0.507. The lowest BCUT2D eigenvalue weighted by atomic mass is 11.7. The molecule has 0 radical (unpaired) electrons. The minimum Gasteiger partial charge on any atom is -0.198 e. The van der Waals surface area contributed by atoms with Crippen LogP contribution in [0.2, 0.25) is 19.6 Å². The third-order valence-electron chi connectivity index (χ3n) is 0.488. The van der Waals surface area contributed by atoms with Gasteiger partial charge in [0.15, 0.2) is 0 Å². The van der Waals surface area contributed by atoms with Crippen molar-refractivity contribution in [1.82, 2.24) is 0 Å². The second-order valence-electron chi connectivity index (χ2n) is 2.81. The standard InChI is InChI=1S/C4H11FOSi/c1-7(2,3)4-6-5/h4H2,1-3H3. The maximum atomic E-state index is 11.0. The minimum absolute atomic E-state index is 0.312. The predicted octanol–water partition coefficient (Wildman–Crippen LogP) is 1.76. The third kappa shape index (κ3) is 6.11. The Morgan fingerprint density at radius 2 is 1.86 bits per heavy atom. The molecule has 0 aromatic carbocycles. The molecule has 0 amide bonds. The van der Waals surface area contributed by atoms with Crippen molar-refractivity contribution in [2.24, 2.45) is 0 Å². The fraction of sp³-hybridized carbons (Fsp3) is 1.00. The highest BCUT2D eigenvalue weighted by Crippen LogP contribution is 1.99. The Balaban J connectivity index is 3.15. The molecule has 1 nitrogen and oxygen atoms in total. The summed E-state index contributed by atoms with van der Waals surface area (Å²) < 4.78 is 11.0. The maximum absolute atomic E-state index is 11.0. The van der Waals surface area contributed by atoms with Gasteiger partial charge in [0.25, 0.3) is 0 Å². The Morgan fingerprint density at radius 3 is 1.86 bits per heavy atom. The molecule has 0 aromatic rings. The van der Waals surface area contributed by atoms with Crippen molar-refractivity contribution in [3.63, 3.8) is 0 Å². The Bertz CT molecular complexity index is 50.1. The number of hydrogen-bond donors (Lipinski definition) is 0. The first-order valence-electron chi connectivity index (χ1n) is 2.30. The molecule has 0 saturated heterocycles. The highest BCUT2D eigenvalue weighted by molar-refractivity contribution is 6.76. The normalized spacial score (nSPS) is 12.0. The van der Waals surface area contributed by atoms with E-state index in [1.165, 1.54) is 0 Å². The van der Waals surface area contributed by atoms with E-state index in [4.69, 9.17) is 0 Å². The van der Waals surface area contributed by atoms with E-state index in [9.17, 15) is 4.53 Å². The van der Waals surface area contributed by atoms with Crippen LogP contribution < -0.4 is 0 Å². The zero-order chi connectivity index (χ0) is 5.91. The lowest BCUT2D eigenvalue weighted by Gasteiger charge is -2.09. The average Bonchev–Trinajstić information content (AvgIpc) is 1.30. The summed E-state index contributed by atoms with van der Waals surface area (Å²) in [7, 11) is -1.25. The van der Waals surface area contributed by atoms with Crippen molar-refractivity contribution in [2.75, 3.05) is 6.23 Å². The number of hydrogen-bond acceptors (Lipinski definition) is 1. The van der Waals surface area contributed by atoms with Gasteiger partial charge in [0, 0.05) is 0 Å². The molecule has 0 unspecified atom stereocenters. The van der Waals surface area contributed by atoms with Crippen LogP contribution in [0.4, 0.5) is 4.53 Å². The molecule has 0 aliphatic rings. The molecule has 0 aromatic heterocycles. The van der Waals surface area contributed by atoms with Gasteiger partial charge in [-0.25, -0.2) is 0 Å². The van der Waals surface area contributed by atoms with E-state index in [1.54, 1.807) is 0 Å². The lowest BCUT2D eigenvalue weighted by molar-refractivity contribution is -0.111. The Kier molecular flexibility index (Phi) is 2.46. The van der Waals surface area contributed by atoms with Crippen LogP contribution in [-0.2, 0) is 4.94 Å². The van der Waals surface area contributed by atoms with E-state index in [-0.39, 0.29) is 0 Å². The van der Waals surface area contributed by atoms with Crippen molar-refractivity contribution in [1.29, 1.82) is 0 Å². The largest absolute Gasteiger partial charge is 0.198 e. The molecule has 0 atom stereocenters. The summed E-state index contributed by atoms with van der Waals surface area (Å²) in [5.74, 6) is 0. The molecule has 0 bridgehead atoms. The second-order valence-corrected chi connectivity index (χ2v) is 8.22. The van der Waals surface area contributed by atoms with E-state index in [0.29, 0.717) is 6.23 Å². The van der Waals surface area contributed by atoms with Crippen molar-refractivity contribution in [3.8, 4) is 0 Å². The topological polar surface area (TPSA) is 9.23 Å². The van der Waals surface area contributed by atoms with Crippen molar-refractivity contribution < 1.29 is 9.47 Å². The second kappa shape index (κ2) is 2.42. The van der Waals surface area contributed by atoms with Gasteiger partial charge in [-0.3, -0.25) is 0 Å². The molecular weight excluding hydrogens is 111 g/mol. The summed E-state index contributed by atoms with van der Waals surface area (Å²) in [5.41, 5.74) is 0. The van der Waals surface area contributed by atoms with E-state index < -0.39 is 8.07 Å². The maximum Gasteiger partial charge on any atom is 0.0792 e. The summed E-state index contributed by atoms with van der Waals surface area (Å²) in [6, 6.07) is 0. The lowest BCUT2D eigenvalue weighted by Crippen LogP contribution is -2.26. The zero-order valence-electron chi connectivity index (χ0n) is 4.99. The van der Waals surface area contributed by atoms with Crippen molar-refractivity contribution in [2.45, 2.75) is 19.6 Å². The number of rotatable bonds is 2. The minimum atomic E-state index is -1.25. The van der Waals surface area contributed by atoms with E-state index in [2.05, 4.69) is 4.94 Å². The molecule has 7 heavy (non-hydrogen) atoms. The van der Waals surface area contributed by atoms with Crippen LogP contribution >= 0.6 is 0 Å². The van der Waals surface area contributed by atoms with Crippen LogP contribution in [0.5, 0.6) is 0 Å². The van der Waals surface area contributed by atoms with Crippen LogP contribution in [0.15, 0.2) is 0 Å². The molecule has 0 saturated carbocycles. The smallest absolute Gasteiger partial charge is 0.0792 e. The molecule has 0 rings (SSSR count). The van der Waals surface area contributed by atoms with Gasteiger partial charge in [-0.1, -0.05) is 19.6 Å². The predicted molar refractivity (Wildman–Crippen MR) is 30.4 cm³/mol. The van der Waals surface area contributed by atoms with Gasteiger partial charge in [0.2, 0.25) is 0 Å². The summed E-state index contributed by atoms with van der Waals surface area (Å²) in [5, 5.41) is 0. The molecule has 3 heteroatoms. The van der Waals surface area contributed by atoms with Crippen LogP contribution in [0, 0.1) is 0 Å². The molecule has 0 aliphatic carbocycles. The molecule has 0 aliphatic heterocycles. The van der Waals surface area contributed by atoms with Crippen molar-refractivity contribution in [3.05, 3.63) is 0 Å². The number of halogens is 1. The van der Waals surface area contributed by atoms with Gasteiger partial charge in [-0.15, -0.1) is 0 Å². The fourth-order valence-corrected chi connectivity index (χ4v) is 0.491. The molecular formula is C4H11FOSi. The van der Waals surface area contributed by atoms with Gasteiger partial charge < -0.3 is 0 Å². The van der Waals surface area contributed by atoms with Crippen LogP contribution in [0.3, 0.4) is 0 Å². The molecule has 0 spiro atoms. The van der Waals surface area contributed by atoms with Gasteiger partial charge in [-0.2, -0.15) is 4.94 Å². The average molecular weight is 122 g/mol. The Morgan fingerprint density at radius 1 is 1.43 bits per heavy atom. The van der Waals surface area contributed by atoms with Crippen LogP contribution in [-0.4, -0.2) is 14.3 Å². The third-order valence-corrected chi connectivity index (χ3v) is 1.46. The van der Waals surface area contributed by atoms with Gasteiger partial charge in [-0.05, 0) is 4.53 Å². The first kappa shape index (κ1) is 7.11. The zero-order valence-corrected chi connectivity index (χ0v) is 5.99. The van der Waals surface area contributed by atoms with Gasteiger partial charge >= 0.3 is 0 Å². The SMILES string of the molecule is C[Si](C)(C)COF. The molecule has 0 heterocycles. The van der Waals surface area contributed by atoms with Crippen LogP contribution in [0.25, 0.3) is 0 Å². The fourth-order valence-electron chi connectivity index (χ4n) is 0.164. The van der Waals surface area contributed by atoms with Gasteiger partial charge in [0.05, 0.1) is 14.3 Å². The first-order chi connectivity index (χ1) is 3.06. The van der Waals surface area contributed by atoms with Crippen molar-refractivity contribution >= 4 is 8.07 Å². The van der Waals surface area contributed by atoms with E-state index in [0.717, 1.165) is 0 Å². The molecule has 0 fully saturated rings. The van der Waals surface area contributed by atoms with Crippen LogP contribution in [0.1, 0.15) is 0 Å².